The molecule has 0 fully saturated rings. The molecule has 0 aliphatic rings. The van der Waals surface area contributed by atoms with Crippen LogP contribution in [0.2, 0.25) is 0 Å². The van der Waals surface area contributed by atoms with Crippen LogP contribution in [0.5, 0.6) is 0 Å². The molecule has 0 heterocycles. The molecule has 0 atom stereocenters. The number of aliphatic hydroxyl groups is 1. The predicted octanol–water partition coefficient (Wildman–Crippen LogP) is -0.166. The molecule has 3 N–H and O–H groups in total. The third-order valence-corrected chi connectivity index (χ3v) is 0.0913. The summed E-state index contributed by atoms with van der Waals surface area (Å²) in [5.74, 6) is 1.99. The summed E-state index contributed by atoms with van der Waals surface area (Å²) in [7, 11) is 0. The molecule has 46 valence electrons. The molecule has 0 saturated carbocycles. The van der Waals surface area contributed by atoms with Gasteiger partial charge in [0.25, 0.3) is 0 Å². The maximum Gasteiger partial charge on any atom is 0.503 e. The Labute approximate surface area is 46.4 Å². The molecule has 0 unspecified atom stereocenters. The first kappa shape index (κ1) is 9.92. The average Bonchev–Trinajstić information content (AvgIpc) is 1.65. The summed E-state index contributed by atoms with van der Waals surface area (Å²) in [6.07, 6.45) is 2.69. The minimum absolute atomic E-state index is 0.153. The second-order valence-electron chi connectivity index (χ2n) is 0.645. The fraction of sp³-hybridized carbons (Fsp3) is 0.250. The highest BCUT2D eigenvalue weighted by Crippen LogP contribution is 1.42. The summed E-state index contributed by atoms with van der Waals surface area (Å²) < 4.78 is 0. The van der Waals surface area contributed by atoms with Gasteiger partial charge in [-0.1, -0.05) is 5.92 Å². The first-order chi connectivity index (χ1) is 3.65. The molecule has 0 aromatic heterocycles. The van der Waals surface area contributed by atoms with Gasteiger partial charge in [-0.15, -0.1) is 6.42 Å². The smallest absolute Gasteiger partial charge is 0.450 e. The zero-order valence-electron chi connectivity index (χ0n) is 4.03. The van der Waals surface area contributed by atoms with Gasteiger partial charge in [0.15, 0.2) is 0 Å². The van der Waals surface area contributed by atoms with Crippen molar-refractivity contribution in [1.29, 1.82) is 0 Å². The van der Waals surface area contributed by atoms with Crippen molar-refractivity contribution in [1.82, 2.24) is 0 Å². The third kappa shape index (κ3) is 1560. The number of aliphatic hydroxyl groups excluding tert-OH is 1. The van der Waals surface area contributed by atoms with Crippen LogP contribution in [0.25, 0.3) is 0 Å². The zero-order chi connectivity index (χ0) is 6.99. The SMILES string of the molecule is C#CCO.O=C(O)O. The van der Waals surface area contributed by atoms with Gasteiger partial charge in [0, 0.05) is 0 Å². The number of carboxylic acid groups (broad SMARTS) is 2. The quantitative estimate of drug-likeness (QED) is 0.386. The Kier molecular flexibility index (Phi) is 11.5. The largest absolute Gasteiger partial charge is 0.503 e. The Morgan fingerprint density at radius 1 is 1.62 bits per heavy atom. The molecule has 0 aliphatic heterocycles. The van der Waals surface area contributed by atoms with E-state index >= 15 is 0 Å². The molecule has 8 heavy (non-hydrogen) atoms. The Bertz CT molecular complexity index is 86.7. The molecule has 0 aromatic carbocycles. The van der Waals surface area contributed by atoms with Crippen LogP contribution in [0.15, 0.2) is 0 Å². The van der Waals surface area contributed by atoms with Gasteiger partial charge in [-0.05, 0) is 0 Å². The Morgan fingerprint density at radius 2 is 1.75 bits per heavy atom. The molecule has 0 rings (SSSR count). The van der Waals surface area contributed by atoms with E-state index in [4.69, 9.17) is 20.1 Å². The van der Waals surface area contributed by atoms with Crippen LogP contribution in [-0.2, 0) is 0 Å². The van der Waals surface area contributed by atoms with E-state index < -0.39 is 6.16 Å². The van der Waals surface area contributed by atoms with Crippen molar-refractivity contribution < 1.29 is 20.1 Å². The van der Waals surface area contributed by atoms with Gasteiger partial charge in [0.05, 0.1) is 0 Å². The standard InChI is InChI=1S/C3H4O.CH2O3/c1-2-3-4;2-1(3)4/h1,4H,3H2;(H2,2,3,4). The van der Waals surface area contributed by atoms with Crippen LogP contribution >= 0.6 is 0 Å². The molecule has 4 nitrogen and oxygen atoms in total. The lowest BCUT2D eigenvalue weighted by Crippen LogP contribution is -1.81. The van der Waals surface area contributed by atoms with Gasteiger partial charge < -0.3 is 15.3 Å². The minimum Gasteiger partial charge on any atom is -0.450 e. The van der Waals surface area contributed by atoms with Crippen LogP contribution in [0.3, 0.4) is 0 Å². The average molecular weight is 118 g/mol. The first-order valence-corrected chi connectivity index (χ1v) is 1.61. The van der Waals surface area contributed by atoms with Crippen LogP contribution in [0.1, 0.15) is 0 Å². The topological polar surface area (TPSA) is 77.8 Å². The Balaban J connectivity index is 0. The molecule has 0 saturated heterocycles. The van der Waals surface area contributed by atoms with Crippen molar-refractivity contribution in [2.45, 2.75) is 0 Å². The number of carbonyl (C=O) groups is 1. The van der Waals surface area contributed by atoms with Crippen LogP contribution in [-0.4, -0.2) is 28.1 Å². The highest BCUT2D eigenvalue weighted by atomic mass is 16.6. The lowest BCUT2D eigenvalue weighted by Gasteiger charge is -1.60. The molecule has 0 radical (unpaired) electrons. The fourth-order valence-electron chi connectivity index (χ4n) is 0. The molecular weight excluding hydrogens is 112 g/mol. The van der Waals surface area contributed by atoms with Crippen LogP contribution in [0, 0.1) is 12.3 Å². The van der Waals surface area contributed by atoms with E-state index in [2.05, 4.69) is 6.42 Å². The third-order valence-electron chi connectivity index (χ3n) is 0.0913. The van der Waals surface area contributed by atoms with E-state index in [0.717, 1.165) is 0 Å². The lowest BCUT2D eigenvalue weighted by atomic mass is 10.8. The maximum atomic E-state index is 8.56. The van der Waals surface area contributed by atoms with Crippen molar-refractivity contribution in [3.8, 4) is 12.3 Å². The first-order valence-electron chi connectivity index (χ1n) is 1.61. The minimum atomic E-state index is -1.83. The van der Waals surface area contributed by atoms with Crippen molar-refractivity contribution >= 4 is 6.16 Å². The second-order valence-corrected chi connectivity index (χ2v) is 0.645. The number of hydrogen-bond acceptors (Lipinski definition) is 2. The van der Waals surface area contributed by atoms with E-state index in [1.165, 1.54) is 0 Å². The number of rotatable bonds is 0. The van der Waals surface area contributed by atoms with E-state index in [0.29, 0.717) is 0 Å². The van der Waals surface area contributed by atoms with E-state index in [9.17, 15) is 0 Å². The molecule has 0 bridgehead atoms. The molecule has 0 amide bonds. The van der Waals surface area contributed by atoms with E-state index in [-0.39, 0.29) is 6.61 Å². The summed E-state index contributed by atoms with van der Waals surface area (Å²) in [6, 6.07) is 0. The highest BCUT2D eigenvalue weighted by molar-refractivity contribution is 5.53. The second kappa shape index (κ2) is 9.25. The molecule has 0 aliphatic carbocycles. The van der Waals surface area contributed by atoms with Gasteiger partial charge >= 0.3 is 6.16 Å². The monoisotopic (exact) mass is 118 g/mol. The molecular formula is C4H6O4. The predicted molar refractivity (Wildman–Crippen MR) is 26.6 cm³/mol. The summed E-state index contributed by atoms with van der Waals surface area (Å²) in [6.45, 7) is -0.153. The summed E-state index contributed by atoms with van der Waals surface area (Å²) >= 11 is 0. The normalized spacial score (nSPS) is 5.50. The highest BCUT2D eigenvalue weighted by Gasteiger charge is 1.70. The number of terminal acetylenes is 1. The van der Waals surface area contributed by atoms with Gasteiger partial charge in [-0.2, -0.15) is 0 Å². The van der Waals surface area contributed by atoms with Crippen LogP contribution < -0.4 is 0 Å². The van der Waals surface area contributed by atoms with Crippen molar-refractivity contribution in [2.75, 3.05) is 6.61 Å². The maximum absolute atomic E-state index is 8.56. The van der Waals surface area contributed by atoms with Crippen LogP contribution in [0.4, 0.5) is 4.79 Å². The van der Waals surface area contributed by atoms with Gasteiger partial charge in [0.1, 0.15) is 6.61 Å². The summed E-state index contributed by atoms with van der Waals surface area (Å²) in [5, 5.41) is 21.6. The number of hydrogen-bond donors (Lipinski definition) is 3. The van der Waals surface area contributed by atoms with Gasteiger partial charge in [-0.25, -0.2) is 4.79 Å². The zero-order valence-corrected chi connectivity index (χ0v) is 4.03. The fourth-order valence-corrected chi connectivity index (χ4v) is 0. The molecule has 0 spiro atoms. The molecule has 4 heteroatoms. The van der Waals surface area contributed by atoms with Gasteiger partial charge in [-0.3, -0.25) is 0 Å². The Morgan fingerprint density at radius 3 is 1.75 bits per heavy atom. The van der Waals surface area contributed by atoms with Crippen molar-refractivity contribution in [3.05, 3.63) is 0 Å². The summed E-state index contributed by atoms with van der Waals surface area (Å²) in [4.78, 5) is 8.56. The van der Waals surface area contributed by atoms with Crippen molar-refractivity contribution in [3.63, 3.8) is 0 Å². The van der Waals surface area contributed by atoms with Gasteiger partial charge in [0.2, 0.25) is 0 Å². The lowest BCUT2D eigenvalue weighted by molar-refractivity contribution is 0.137. The van der Waals surface area contributed by atoms with E-state index in [1.54, 1.807) is 0 Å². The molecule has 0 aromatic rings. The van der Waals surface area contributed by atoms with E-state index in [1.807, 2.05) is 5.92 Å². The Hall–Kier alpha value is -1.21. The van der Waals surface area contributed by atoms with Crippen molar-refractivity contribution in [2.24, 2.45) is 0 Å². The summed E-state index contributed by atoms with van der Waals surface area (Å²) in [5.41, 5.74) is 0.